The number of rotatable bonds is 3. The molecule has 0 N–H and O–H groups in total. The Hall–Kier alpha value is -2.39. The molecule has 0 unspecified atom stereocenters. The third-order valence-electron chi connectivity index (χ3n) is 2.55. The van der Waals surface area contributed by atoms with Gasteiger partial charge in [0, 0.05) is 6.26 Å². The summed E-state index contributed by atoms with van der Waals surface area (Å²) in [5.41, 5.74) is -0.225. The molecule has 2 rings (SSSR count). The van der Waals surface area contributed by atoms with Crippen LogP contribution in [0.25, 0.3) is 0 Å². The largest absolute Gasteiger partial charge is 0.456 e. The van der Waals surface area contributed by atoms with Gasteiger partial charge in [0.2, 0.25) is 0 Å². The lowest BCUT2D eigenvalue weighted by molar-refractivity contribution is 0.472. The Balaban J connectivity index is 2.42. The highest BCUT2D eigenvalue weighted by Gasteiger charge is 2.12. The summed E-state index contributed by atoms with van der Waals surface area (Å²) in [5.74, 6) is -0.433. The number of sulfone groups is 1. The van der Waals surface area contributed by atoms with Crippen LogP contribution in [-0.4, -0.2) is 14.7 Å². The fourth-order valence-electron chi connectivity index (χ4n) is 1.59. The minimum atomic E-state index is -3.36. The van der Waals surface area contributed by atoms with Crippen LogP contribution in [0, 0.1) is 17.1 Å². The molecule has 2 aromatic rings. The van der Waals surface area contributed by atoms with Gasteiger partial charge in [-0.25, -0.2) is 12.8 Å². The van der Waals surface area contributed by atoms with E-state index in [1.165, 1.54) is 36.4 Å². The lowest BCUT2D eigenvalue weighted by atomic mass is 10.2. The molecule has 0 saturated carbocycles. The topological polar surface area (TPSA) is 67.2 Å². The zero-order chi connectivity index (χ0) is 14.8. The van der Waals surface area contributed by atoms with Gasteiger partial charge in [-0.15, -0.1) is 0 Å². The monoisotopic (exact) mass is 291 g/mol. The zero-order valence-corrected chi connectivity index (χ0v) is 11.3. The number of benzene rings is 2. The van der Waals surface area contributed by atoms with Gasteiger partial charge in [-0.2, -0.15) is 5.26 Å². The minimum Gasteiger partial charge on any atom is -0.456 e. The van der Waals surface area contributed by atoms with E-state index in [4.69, 9.17) is 10.00 Å². The standard InChI is InChI=1S/C14H10FNO3S/c1-20(17,18)11-5-2-4-10(8-11)19-14-7-3-6-13(15)12(14)9-16/h2-8H,1H3. The zero-order valence-electron chi connectivity index (χ0n) is 10.5. The van der Waals surface area contributed by atoms with Crippen LogP contribution in [-0.2, 0) is 9.84 Å². The highest BCUT2D eigenvalue weighted by Crippen LogP contribution is 2.27. The molecular weight excluding hydrogens is 281 g/mol. The van der Waals surface area contributed by atoms with Crippen molar-refractivity contribution >= 4 is 9.84 Å². The molecule has 0 amide bonds. The molecule has 20 heavy (non-hydrogen) atoms. The van der Waals surface area contributed by atoms with Gasteiger partial charge in [-0.1, -0.05) is 12.1 Å². The normalized spacial score (nSPS) is 10.8. The van der Waals surface area contributed by atoms with E-state index in [1.54, 1.807) is 6.07 Å². The molecule has 0 aliphatic carbocycles. The van der Waals surface area contributed by atoms with Crippen molar-refractivity contribution < 1.29 is 17.5 Å². The van der Waals surface area contributed by atoms with Crippen molar-refractivity contribution in [2.75, 3.05) is 6.26 Å². The van der Waals surface area contributed by atoms with Crippen molar-refractivity contribution in [1.82, 2.24) is 0 Å². The Morgan fingerprint density at radius 1 is 1.20 bits per heavy atom. The lowest BCUT2D eigenvalue weighted by Gasteiger charge is -2.08. The third-order valence-corrected chi connectivity index (χ3v) is 3.66. The molecule has 0 heterocycles. The average molecular weight is 291 g/mol. The van der Waals surface area contributed by atoms with Gasteiger partial charge in [0.25, 0.3) is 0 Å². The molecule has 0 fully saturated rings. The van der Waals surface area contributed by atoms with Gasteiger partial charge in [0.1, 0.15) is 28.9 Å². The van der Waals surface area contributed by atoms with Crippen LogP contribution in [0.4, 0.5) is 4.39 Å². The van der Waals surface area contributed by atoms with E-state index < -0.39 is 15.7 Å². The average Bonchev–Trinajstić information content (AvgIpc) is 2.38. The maximum atomic E-state index is 13.4. The van der Waals surface area contributed by atoms with Gasteiger partial charge in [0.15, 0.2) is 9.84 Å². The third kappa shape index (κ3) is 2.95. The van der Waals surface area contributed by atoms with E-state index in [2.05, 4.69) is 0 Å². The van der Waals surface area contributed by atoms with Crippen LogP contribution in [0.3, 0.4) is 0 Å². The molecule has 102 valence electrons. The van der Waals surface area contributed by atoms with E-state index in [0.29, 0.717) is 0 Å². The van der Waals surface area contributed by atoms with Gasteiger partial charge in [-0.3, -0.25) is 0 Å². The smallest absolute Gasteiger partial charge is 0.175 e. The summed E-state index contributed by atoms with van der Waals surface area (Å²) in [7, 11) is -3.36. The van der Waals surface area contributed by atoms with Gasteiger partial charge in [0.05, 0.1) is 4.90 Å². The van der Waals surface area contributed by atoms with Crippen molar-refractivity contribution in [2.24, 2.45) is 0 Å². The van der Waals surface area contributed by atoms with Crippen LogP contribution < -0.4 is 4.74 Å². The van der Waals surface area contributed by atoms with Gasteiger partial charge < -0.3 is 4.74 Å². The van der Waals surface area contributed by atoms with Crippen LogP contribution >= 0.6 is 0 Å². The Morgan fingerprint density at radius 3 is 2.55 bits per heavy atom. The number of nitrogens with zero attached hydrogens (tertiary/aromatic N) is 1. The number of hydrogen-bond acceptors (Lipinski definition) is 4. The summed E-state index contributed by atoms with van der Waals surface area (Å²) in [5, 5.41) is 8.90. The first-order chi connectivity index (χ1) is 9.41. The van der Waals surface area contributed by atoms with Crippen molar-refractivity contribution in [3.8, 4) is 17.6 Å². The van der Waals surface area contributed by atoms with Crippen molar-refractivity contribution in [3.63, 3.8) is 0 Å². The molecule has 0 aliphatic heterocycles. The van der Waals surface area contributed by atoms with Gasteiger partial charge in [-0.05, 0) is 30.3 Å². The van der Waals surface area contributed by atoms with Crippen molar-refractivity contribution in [2.45, 2.75) is 4.90 Å². The predicted octanol–water partition coefficient (Wildman–Crippen LogP) is 2.89. The first kappa shape index (κ1) is 14.0. The van der Waals surface area contributed by atoms with Gasteiger partial charge >= 0.3 is 0 Å². The Labute approximate surface area is 116 Å². The minimum absolute atomic E-state index is 0.0400. The molecule has 4 nitrogen and oxygen atoms in total. The predicted molar refractivity (Wildman–Crippen MR) is 70.7 cm³/mol. The summed E-state index contributed by atoms with van der Waals surface area (Å²) < 4.78 is 41.7. The van der Waals surface area contributed by atoms with E-state index >= 15 is 0 Å². The second-order valence-corrected chi connectivity index (χ2v) is 6.09. The summed E-state index contributed by atoms with van der Waals surface area (Å²) in [4.78, 5) is 0.0879. The van der Waals surface area contributed by atoms with E-state index in [-0.39, 0.29) is 22.0 Å². The Morgan fingerprint density at radius 2 is 1.90 bits per heavy atom. The number of ether oxygens (including phenoxy) is 1. The highest BCUT2D eigenvalue weighted by atomic mass is 32.2. The number of hydrogen-bond donors (Lipinski definition) is 0. The molecule has 0 radical (unpaired) electrons. The molecule has 0 bridgehead atoms. The fraction of sp³-hybridized carbons (Fsp3) is 0.0714. The van der Waals surface area contributed by atoms with E-state index in [1.807, 2.05) is 0 Å². The van der Waals surface area contributed by atoms with Crippen LogP contribution in [0.2, 0.25) is 0 Å². The molecular formula is C14H10FNO3S. The van der Waals surface area contributed by atoms with Crippen LogP contribution in [0.5, 0.6) is 11.5 Å². The van der Waals surface area contributed by atoms with Crippen LogP contribution in [0.15, 0.2) is 47.4 Å². The lowest BCUT2D eigenvalue weighted by Crippen LogP contribution is -1.97. The Bertz CT molecular complexity index is 794. The molecule has 0 spiro atoms. The van der Waals surface area contributed by atoms with Crippen molar-refractivity contribution in [1.29, 1.82) is 5.26 Å². The summed E-state index contributed by atoms with van der Waals surface area (Å²) in [6.07, 6.45) is 1.08. The molecule has 0 atom stereocenters. The van der Waals surface area contributed by atoms with E-state index in [0.717, 1.165) is 12.3 Å². The first-order valence-electron chi connectivity index (χ1n) is 5.58. The fourth-order valence-corrected chi connectivity index (χ4v) is 2.25. The maximum absolute atomic E-state index is 13.4. The molecule has 2 aromatic carbocycles. The number of nitriles is 1. The summed E-state index contributed by atoms with van der Waals surface area (Å²) in [6, 6.07) is 11.5. The highest BCUT2D eigenvalue weighted by molar-refractivity contribution is 7.90. The second kappa shape index (κ2) is 5.31. The SMILES string of the molecule is CS(=O)(=O)c1cccc(Oc2cccc(F)c2C#N)c1. The molecule has 0 aromatic heterocycles. The van der Waals surface area contributed by atoms with Crippen LogP contribution in [0.1, 0.15) is 5.56 Å². The van der Waals surface area contributed by atoms with Crippen molar-refractivity contribution in [3.05, 3.63) is 53.8 Å². The first-order valence-corrected chi connectivity index (χ1v) is 7.47. The quantitative estimate of drug-likeness (QED) is 0.872. The van der Waals surface area contributed by atoms with E-state index in [9.17, 15) is 12.8 Å². The second-order valence-electron chi connectivity index (χ2n) is 4.07. The molecule has 0 saturated heterocycles. The summed E-state index contributed by atoms with van der Waals surface area (Å²) in [6.45, 7) is 0. The molecule has 0 aliphatic rings. The summed E-state index contributed by atoms with van der Waals surface area (Å²) >= 11 is 0. The number of halogens is 1. The maximum Gasteiger partial charge on any atom is 0.175 e. The molecule has 6 heteroatoms. The Kier molecular flexibility index (Phi) is 3.72.